The van der Waals surface area contributed by atoms with Crippen LogP contribution in [0.5, 0.6) is 0 Å². The van der Waals surface area contributed by atoms with Crippen molar-refractivity contribution in [1.82, 2.24) is 4.90 Å². The SMILES string of the molecule is CC(C)(C)OC(=O)N1CC2(CCC(O)(c3cccc(Br)c3)CC2)C1. The first-order valence-corrected chi connectivity index (χ1v) is 9.37. The minimum Gasteiger partial charge on any atom is -0.444 e. The lowest BCUT2D eigenvalue weighted by Crippen LogP contribution is -2.61. The van der Waals surface area contributed by atoms with Gasteiger partial charge in [0, 0.05) is 23.0 Å². The van der Waals surface area contributed by atoms with Crippen LogP contribution in [0, 0.1) is 5.41 Å². The van der Waals surface area contributed by atoms with Crippen molar-refractivity contribution < 1.29 is 14.6 Å². The van der Waals surface area contributed by atoms with E-state index in [9.17, 15) is 9.90 Å². The van der Waals surface area contributed by atoms with Gasteiger partial charge in [-0.25, -0.2) is 4.79 Å². The predicted molar refractivity (Wildman–Crippen MR) is 96.7 cm³/mol. The van der Waals surface area contributed by atoms with Gasteiger partial charge in [0.05, 0.1) is 5.60 Å². The highest BCUT2D eigenvalue weighted by atomic mass is 79.9. The monoisotopic (exact) mass is 395 g/mol. The van der Waals surface area contributed by atoms with Crippen LogP contribution >= 0.6 is 15.9 Å². The summed E-state index contributed by atoms with van der Waals surface area (Å²) < 4.78 is 6.43. The Balaban J connectivity index is 1.58. The zero-order chi connectivity index (χ0) is 17.6. The summed E-state index contributed by atoms with van der Waals surface area (Å²) in [7, 11) is 0. The van der Waals surface area contributed by atoms with Gasteiger partial charge in [-0.3, -0.25) is 0 Å². The number of aliphatic hydroxyl groups is 1. The number of carbonyl (C=O) groups is 1. The van der Waals surface area contributed by atoms with Gasteiger partial charge in [0.2, 0.25) is 0 Å². The van der Waals surface area contributed by atoms with E-state index < -0.39 is 11.2 Å². The Hall–Kier alpha value is -1.07. The molecule has 1 saturated carbocycles. The maximum atomic E-state index is 12.1. The first kappa shape index (κ1) is 17.7. The van der Waals surface area contributed by atoms with Gasteiger partial charge < -0.3 is 14.7 Å². The fourth-order valence-electron chi connectivity index (χ4n) is 3.80. The van der Waals surface area contributed by atoms with Gasteiger partial charge in [-0.05, 0) is 64.2 Å². The second-order valence-electron chi connectivity index (χ2n) is 8.38. The number of rotatable bonds is 1. The second kappa shape index (κ2) is 6.03. The summed E-state index contributed by atoms with van der Waals surface area (Å²) in [5.41, 5.74) is -0.0563. The highest BCUT2D eigenvalue weighted by molar-refractivity contribution is 9.10. The Kier molecular flexibility index (Phi) is 4.45. The van der Waals surface area contributed by atoms with Gasteiger partial charge in [-0.15, -0.1) is 0 Å². The van der Waals surface area contributed by atoms with Crippen LogP contribution in [0.4, 0.5) is 4.79 Å². The van der Waals surface area contributed by atoms with Crippen LogP contribution in [0.25, 0.3) is 0 Å². The van der Waals surface area contributed by atoms with Crippen LogP contribution in [0.1, 0.15) is 52.0 Å². The molecule has 0 atom stereocenters. The minimum atomic E-state index is -0.749. The fourth-order valence-corrected chi connectivity index (χ4v) is 4.20. The third-order valence-corrected chi connectivity index (χ3v) is 5.70. The van der Waals surface area contributed by atoms with Crippen molar-refractivity contribution in [3.63, 3.8) is 0 Å². The molecule has 3 rings (SSSR count). The van der Waals surface area contributed by atoms with E-state index in [2.05, 4.69) is 15.9 Å². The molecule has 1 heterocycles. The molecule has 1 aromatic rings. The van der Waals surface area contributed by atoms with Gasteiger partial charge in [-0.1, -0.05) is 28.1 Å². The smallest absolute Gasteiger partial charge is 0.410 e. The third-order valence-electron chi connectivity index (χ3n) is 5.20. The number of benzene rings is 1. The summed E-state index contributed by atoms with van der Waals surface area (Å²) in [6.07, 6.45) is 3.14. The maximum Gasteiger partial charge on any atom is 0.410 e. The lowest BCUT2D eigenvalue weighted by molar-refractivity contribution is -0.0963. The molecule has 1 N–H and O–H groups in total. The molecule has 1 spiro atoms. The number of ether oxygens (including phenoxy) is 1. The molecule has 132 valence electrons. The molecule has 1 amide bonds. The van der Waals surface area contributed by atoms with E-state index in [4.69, 9.17) is 4.74 Å². The van der Waals surface area contributed by atoms with Gasteiger partial charge in [-0.2, -0.15) is 0 Å². The Bertz CT molecular complexity index is 622. The molecule has 2 fully saturated rings. The molecule has 5 heteroatoms. The Morgan fingerprint density at radius 2 is 1.83 bits per heavy atom. The molecular formula is C19H26BrNO3. The summed E-state index contributed by atoms with van der Waals surface area (Å²) in [6, 6.07) is 7.94. The topological polar surface area (TPSA) is 49.8 Å². The zero-order valence-electron chi connectivity index (χ0n) is 14.6. The van der Waals surface area contributed by atoms with Crippen molar-refractivity contribution >= 4 is 22.0 Å². The van der Waals surface area contributed by atoms with E-state index in [0.29, 0.717) is 0 Å². The molecule has 24 heavy (non-hydrogen) atoms. The first-order valence-electron chi connectivity index (χ1n) is 8.57. The summed E-state index contributed by atoms with van der Waals surface area (Å²) >= 11 is 3.48. The van der Waals surface area contributed by atoms with Gasteiger partial charge in [0.25, 0.3) is 0 Å². The number of halogens is 1. The van der Waals surface area contributed by atoms with Crippen molar-refractivity contribution in [3.05, 3.63) is 34.3 Å². The van der Waals surface area contributed by atoms with E-state index in [-0.39, 0.29) is 11.5 Å². The number of hydrogen-bond acceptors (Lipinski definition) is 3. The molecule has 0 radical (unpaired) electrons. The minimum absolute atomic E-state index is 0.162. The molecule has 4 nitrogen and oxygen atoms in total. The number of hydrogen-bond donors (Lipinski definition) is 1. The van der Waals surface area contributed by atoms with Crippen LogP contribution in [0.2, 0.25) is 0 Å². The highest BCUT2D eigenvalue weighted by Gasteiger charge is 2.51. The largest absolute Gasteiger partial charge is 0.444 e. The first-order chi connectivity index (χ1) is 11.1. The lowest BCUT2D eigenvalue weighted by atomic mass is 9.63. The average Bonchev–Trinajstić information content (AvgIpc) is 2.44. The molecular weight excluding hydrogens is 370 g/mol. The summed E-state index contributed by atoms with van der Waals surface area (Å²) in [6.45, 7) is 7.16. The van der Waals surface area contributed by atoms with Crippen molar-refractivity contribution in [3.8, 4) is 0 Å². The summed E-state index contributed by atoms with van der Waals surface area (Å²) in [4.78, 5) is 13.9. The second-order valence-corrected chi connectivity index (χ2v) is 9.29. The molecule has 2 aliphatic rings. The lowest BCUT2D eigenvalue weighted by Gasteiger charge is -2.54. The van der Waals surface area contributed by atoms with E-state index in [1.807, 2.05) is 45.0 Å². The van der Waals surface area contributed by atoms with E-state index >= 15 is 0 Å². The van der Waals surface area contributed by atoms with E-state index in [0.717, 1.165) is 48.8 Å². The molecule has 1 aliphatic heterocycles. The molecule has 0 aromatic heterocycles. The fraction of sp³-hybridized carbons (Fsp3) is 0.632. The van der Waals surface area contributed by atoms with Crippen LogP contribution in [0.15, 0.2) is 28.7 Å². The van der Waals surface area contributed by atoms with Gasteiger partial charge in [0.15, 0.2) is 0 Å². The number of carbonyl (C=O) groups excluding carboxylic acids is 1. The quantitative estimate of drug-likeness (QED) is 0.763. The van der Waals surface area contributed by atoms with Gasteiger partial charge in [0.1, 0.15) is 5.60 Å². The van der Waals surface area contributed by atoms with E-state index in [1.165, 1.54) is 0 Å². The van der Waals surface area contributed by atoms with Crippen LogP contribution in [-0.2, 0) is 10.3 Å². The molecule has 1 aromatic carbocycles. The number of likely N-dealkylation sites (tertiary alicyclic amines) is 1. The Morgan fingerprint density at radius 3 is 2.38 bits per heavy atom. The Morgan fingerprint density at radius 1 is 1.21 bits per heavy atom. The number of amides is 1. The summed E-state index contributed by atoms with van der Waals surface area (Å²) in [5, 5.41) is 11.0. The number of nitrogens with zero attached hydrogens (tertiary/aromatic N) is 1. The van der Waals surface area contributed by atoms with Crippen molar-refractivity contribution in [2.24, 2.45) is 5.41 Å². The van der Waals surface area contributed by atoms with Crippen LogP contribution in [-0.4, -0.2) is 34.8 Å². The van der Waals surface area contributed by atoms with Crippen LogP contribution in [0.3, 0.4) is 0 Å². The Labute approximate surface area is 152 Å². The average molecular weight is 396 g/mol. The van der Waals surface area contributed by atoms with Crippen LogP contribution < -0.4 is 0 Å². The normalized spacial score (nSPS) is 22.1. The molecule has 1 aliphatic carbocycles. The van der Waals surface area contributed by atoms with Crippen molar-refractivity contribution in [2.75, 3.05) is 13.1 Å². The van der Waals surface area contributed by atoms with E-state index in [1.54, 1.807) is 4.90 Å². The van der Waals surface area contributed by atoms with Crippen molar-refractivity contribution in [2.45, 2.75) is 57.7 Å². The molecule has 0 bridgehead atoms. The predicted octanol–water partition coefficient (Wildman–Crippen LogP) is 4.45. The zero-order valence-corrected chi connectivity index (χ0v) is 16.2. The summed E-state index contributed by atoms with van der Waals surface area (Å²) in [5.74, 6) is 0. The van der Waals surface area contributed by atoms with Crippen molar-refractivity contribution in [1.29, 1.82) is 0 Å². The molecule has 0 unspecified atom stereocenters. The maximum absolute atomic E-state index is 12.1. The third kappa shape index (κ3) is 3.62. The van der Waals surface area contributed by atoms with Gasteiger partial charge >= 0.3 is 6.09 Å². The standard InChI is InChI=1S/C19H26BrNO3/c1-17(2,3)24-16(22)21-12-18(13-21)7-9-19(23,10-8-18)14-5-4-6-15(20)11-14/h4-6,11,23H,7-10,12-13H2,1-3H3. The molecule has 1 saturated heterocycles. The highest BCUT2D eigenvalue weighted by Crippen LogP contribution is 2.50.